The molecule has 3 rings (SSSR count). The van der Waals surface area contributed by atoms with Crippen molar-refractivity contribution in [3.63, 3.8) is 0 Å². The molecule has 1 atom stereocenters. The highest BCUT2D eigenvalue weighted by molar-refractivity contribution is 9.10. The van der Waals surface area contributed by atoms with Gasteiger partial charge in [-0.15, -0.1) is 0 Å². The van der Waals surface area contributed by atoms with Gasteiger partial charge in [-0.25, -0.2) is 0 Å². The lowest BCUT2D eigenvalue weighted by atomic mass is 9.98. The van der Waals surface area contributed by atoms with Crippen LogP contribution in [0.2, 0.25) is 0 Å². The standard InChI is InChI=1S/C18H16BrNO2/c19-16-10-4-2-6-13(16)8-5-11-20-17(21)12-14-7-1-3-9-15(14)18(20)22/h1-10,17,21H,11-12H2/b8-5+. The summed E-state index contributed by atoms with van der Waals surface area (Å²) in [5.41, 5.74) is 2.63. The number of rotatable bonds is 3. The molecule has 0 saturated carbocycles. The Labute approximate surface area is 138 Å². The zero-order valence-corrected chi connectivity index (χ0v) is 13.5. The van der Waals surface area contributed by atoms with Gasteiger partial charge >= 0.3 is 0 Å². The van der Waals surface area contributed by atoms with Crippen molar-refractivity contribution in [2.24, 2.45) is 0 Å². The number of amides is 1. The fraction of sp³-hybridized carbons (Fsp3) is 0.167. The number of halogens is 1. The second-order valence-electron chi connectivity index (χ2n) is 5.22. The lowest BCUT2D eigenvalue weighted by Gasteiger charge is -2.32. The Balaban J connectivity index is 1.76. The first-order chi connectivity index (χ1) is 10.7. The highest BCUT2D eigenvalue weighted by Gasteiger charge is 2.29. The third kappa shape index (κ3) is 2.98. The second-order valence-corrected chi connectivity index (χ2v) is 6.08. The number of fused-ring (bicyclic) bond motifs is 1. The first-order valence-electron chi connectivity index (χ1n) is 7.15. The smallest absolute Gasteiger partial charge is 0.256 e. The van der Waals surface area contributed by atoms with Gasteiger partial charge in [0, 0.05) is 23.0 Å². The van der Waals surface area contributed by atoms with Crippen molar-refractivity contribution in [1.29, 1.82) is 0 Å². The van der Waals surface area contributed by atoms with Gasteiger partial charge in [0.25, 0.3) is 5.91 Å². The molecule has 1 aliphatic heterocycles. The Morgan fingerprint density at radius 3 is 2.73 bits per heavy atom. The van der Waals surface area contributed by atoms with Gasteiger partial charge in [-0.1, -0.05) is 64.5 Å². The van der Waals surface area contributed by atoms with Crippen LogP contribution in [0.1, 0.15) is 21.5 Å². The summed E-state index contributed by atoms with van der Waals surface area (Å²) in [6, 6.07) is 15.3. The molecule has 1 unspecified atom stereocenters. The van der Waals surface area contributed by atoms with Crippen molar-refractivity contribution >= 4 is 27.9 Å². The van der Waals surface area contributed by atoms with Crippen molar-refractivity contribution in [2.75, 3.05) is 6.54 Å². The number of hydrogen-bond acceptors (Lipinski definition) is 2. The predicted octanol–water partition coefficient (Wildman–Crippen LogP) is 3.48. The van der Waals surface area contributed by atoms with Gasteiger partial charge in [-0.3, -0.25) is 4.79 Å². The van der Waals surface area contributed by atoms with Crippen molar-refractivity contribution in [2.45, 2.75) is 12.6 Å². The molecule has 0 saturated heterocycles. The Kier molecular flexibility index (Phi) is 4.41. The van der Waals surface area contributed by atoms with Crippen molar-refractivity contribution < 1.29 is 9.90 Å². The average Bonchev–Trinajstić information content (AvgIpc) is 2.52. The molecule has 0 spiro atoms. The number of hydrogen-bond donors (Lipinski definition) is 1. The lowest BCUT2D eigenvalue weighted by Crippen LogP contribution is -2.45. The summed E-state index contributed by atoms with van der Waals surface area (Å²) in [6.45, 7) is 0.385. The SMILES string of the molecule is O=C1c2ccccc2CC(O)N1C/C=C/c1ccccc1Br. The lowest BCUT2D eigenvalue weighted by molar-refractivity contribution is 0.00833. The van der Waals surface area contributed by atoms with E-state index < -0.39 is 6.23 Å². The maximum atomic E-state index is 12.5. The van der Waals surface area contributed by atoms with E-state index in [9.17, 15) is 9.90 Å². The van der Waals surface area contributed by atoms with E-state index >= 15 is 0 Å². The minimum absolute atomic E-state index is 0.119. The molecule has 0 aromatic heterocycles. The van der Waals surface area contributed by atoms with Crippen LogP contribution in [0.5, 0.6) is 0 Å². The van der Waals surface area contributed by atoms with E-state index in [1.807, 2.05) is 60.7 Å². The van der Waals surface area contributed by atoms with Gasteiger partial charge in [0.05, 0.1) is 0 Å². The van der Waals surface area contributed by atoms with Gasteiger partial charge in [-0.05, 0) is 23.3 Å². The first kappa shape index (κ1) is 15.0. The highest BCUT2D eigenvalue weighted by Crippen LogP contribution is 2.22. The maximum Gasteiger partial charge on any atom is 0.256 e. The van der Waals surface area contributed by atoms with Crippen molar-refractivity contribution in [3.8, 4) is 0 Å². The molecule has 2 aromatic carbocycles. The van der Waals surface area contributed by atoms with Crippen molar-refractivity contribution in [3.05, 3.63) is 75.8 Å². The van der Waals surface area contributed by atoms with Gasteiger partial charge in [-0.2, -0.15) is 0 Å². The summed E-state index contributed by atoms with van der Waals surface area (Å²) in [7, 11) is 0. The molecule has 0 fully saturated rings. The summed E-state index contributed by atoms with van der Waals surface area (Å²) in [5, 5.41) is 10.2. The molecule has 112 valence electrons. The van der Waals surface area contributed by atoms with Crippen LogP contribution in [0.3, 0.4) is 0 Å². The number of carbonyl (C=O) groups excluding carboxylic acids is 1. The van der Waals surface area contributed by atoms with Gasteiger partial charge < -0.3 is 10.0 Å². The summed E-state index contributed by atoms with van der Waals surface area (Å²) >= 11 is 3.49. The van der Waals surface area contributed by atoms with E-state index in [4.69, 9.17) is 0 Å². The third-order valence-electron chi connectivity index (χ3n) is 3.78. The van der Waals surface area contributed by atoms with Gasteiger partial charge in [0.2, 0.25) is 0 Å². The Bertz CT molecular complexity index is 727. The van der Waals surface area contributed by atoms with E-state index in [0.29, 0.717) is 18.5 Å². The molecular weight excluding hydrogens is 342 g/mol. The number of aliphatic hydroxyl groups is 1. The average molecular weight is 358 g/mol. The molecule has 2 aromatic rings. The van der Waals surface area contributed by atoms with E-state index in [-0.39, 0.29) is 5.91 Å². The summed E-state index contributed by atoms with van der Waals surface area (Å²) in [5.74, 6) is -0.119. The molecule has 1 N–H and O–H groups in total. The number of nitrogens with zero attached hydrogens (tertiary/aromatic N) is 1. The fourth-order valence-electron chi connectivity index (χ4n) is 2.61. The molecule has 1 aliphatic rings. The van der Waals surface area contributed by atoms with Crippen LogP contribution in [0.4, 0.5) is 0 Å². The Morgan fingerprint density at radius 2 is 1.91 bits per heavy atom. The van der Waals surface area contributed by atoms with Crippen LogP contribution in [-0.4, -0.2) is 28.7 Å². The van der Waals surface area contributed by atoms with E-state index in [1.165, 1.54) is 4.90 Å². The topological polar surface area (TPSA) is 40.5 Å². The highest BCUT2D eigenvalue weighted by atomic mass is 79.9. The first-order valence-corrected chi connectivity index (χ1v) is 7.94. The van der Waals surface area contributed by atoms with Crippen LogP contribution >= 0.6 is 15.9 Å². The molecular formula is C18H16BrNO2. The monoisotopic (exact) mass is 357 g/mol. The minimum Gasteiger partial charge on any atom is -0.373 e. The molecule has 22 heavy (non-hydrogen) atoms. The van der Waals surface area contributed by atoms with Crippen LogP contribution in [0, 0.1) is 0 Å². The van der Waals surface area contributed by atoms with Crippen molar-refractivity contribution in [1.82, 2.24) is 4.90 Å². The van der Waals surface area contributed by atoms with E-state index in [2.05, 4.69) is 15.9 Å². The molecule has 0 aliphatic carbocycles. The van der Waals surface area contributed by atoms with Gasteiger partial charge in [0.15, 0.2) is 0 Å². The molecule has 1 heterocycles. The molecule has 3 nitrogen and oxygen atoms in total. The summed E-state index contributed by atoms with van der Waals surface area (Å²) in [6.07, 6.45) is 3.55. The minimum atomic E-state index is -0.772. The molecule has 0 bridgehead atoms. The molecule has 4 heteroatoms. The third-order valence-corrected chi connectivity index (χ3v) is 4.50. The Hall–Kier alpha value is -1.91. The second kappa shape index (κ2) is 6.46. The molecule has 1 amide bonds. The van der Waals surface area contributed by atoms with Crippen LogP contribution < -0.4 is 0 Å². The normalized spacial score (nSPS) is 17.8. The summed E-state index contributed by atoms with van der Waals surface area (Å²) < 4.78 is 1.00. The number of carbonyl (C=O) groups is 1. The van der Waals surface area contributed by atoms with Crippen LogP contribution in [0.25, 0.3) is 6.08 Å². The zero-order valence-electron chi connectivity index (χ0n) is 11.9. The fourth-order valence-corrected chi connectivity index (χ4v) is 3.03. The predicted molar refractivity (Wildman–Crippen MR) is 90.4 cm³/mol. The number of benzene rings is 2. The van der Waals surface area contributed by atoms with E-state index in [0.717, 1.165) is 15.6 Å². The van der Waals surface area contributed by atoms with Crippen LogP contribution in [0.15, 0.2) is 59.1 Å². The molecule has 0 radical (unpaired) electrons. The zero-order chi connectivity index (χ0) is 15.5. The summed E-state index contributed by atoms with van der Waals surface area (Å²) in [4.78, 5) is 14.0. The van der Waals surface area contributed by atoms with Gasteiger partial charge in [0.1, 0.15) is 6.23 Å². The largest absolute Gasteiger partial charge is 0.373 e. The van der Waals surface area contributed by atoms with E-state index in [1.54, 1.807) is 0 Å². The Morgan fingerprint density at radius 1 is 1.18 bits per heavy atom. The quantitative estimate of drug-likeness (QED) is 0.913. The number of aliphatic hydroxyl groups excluding tert-OH is 1. The van der Waals surface area contributed by atoms with Crippen LogP contribution in [-0.2, 0) is 6.42 Å². The maximum absolute atomic E-state index is 12.5.